The Labute approximate surface area is 139 Å². The number of rotatable bonds is 5. The van der Waals surface area contributed by atoms with Crippen molar-refractivity contribution in [1.82, 2.24) is 19.6 Å². The lowest BCUT2D eigenvalue weighted by atomic mass is 10.2. The highest BCUT2D eigenvalue weighted by atomic mass is 32.1. The Hall–Kier alpha value is -2.18. The molecule has 0 saturated carbocycles. The minimum Gasteiger partial charge on any atom is -0.350 e. The molecule has 2 aromatic heterocycles. The smallest absolute Gasteiger partial charge is 0.263 e. The van der Waals surface area contributed by atoms with E-state index in [4.69, 9.17) is 0 Å². The zero-order valence-electron chi connectivity index (χ0n) is 13.5. The molecule has 0 bridgehead atoms. The molecule has 0 atom stereocenters. The van der Waals surface area contributed by atoms with Gasteiger partial charge in [0.2, 0.25) is 0 Å². The molecule has 2 heterocycles. The Morgan fingerprint density at radius 1 is 1.30 bits per heavy atom. The number of fused-ring (bicyclic) bond motifs is 1. The molecular formula is C17H20N4OS. The summed E-state index contributed by atoms with van der Waals surface area (Å²) in [5.41, 5.74) is 2.95. The second-order valence-electron chi connectivity index (χ2n) is 5.72. The van der Waals surface area contributed by atoms with Crippen LogP contribution in [0.3, 0.4) is 0 Å². The molecule has 0 spiro atoms. The maximum atomic E-state index is 12.3. The first kappa shape index (κ1) is 15.7. The van der Waals surface area contributed by atoms with Crippen molar-refractivity contribution in [2.45, 2.75) is 6.92 Å². The number of imidazole rings is 1. The van der Waals surface area contributed by atoms with Gasteiger partial charge >= 0.3 is 0 Å². The van der Waals surface area contributed by atoms with Crippen LogP contribution in [0.15, 0.2) is 36.5 Å². The van der Waals surface area contributed by atoms with Crippen molar-refractivity contribution >= 4 is 22.2 Å². The average Bonchev–Trinajstić information content (AvgIpc) is 3.08. The molecule has 1 aromatic carbocycles. The minimum atomic E-state index is -0.0267. The standard InChI is InChI=1S/C17H20N4OS/c1-12-15(16(22)18-9-10-20(2)3)23-17-19-14(11-21(12)17)13-7-5-4-6-8-13/h4-8,11H,9-10H2,1-3H3,(H,18,22). The van der Waals surface area contributed by atoms with Gasteiger partial charge in [0.1, 0.15) is 4.88 Å². The predicted molar refractivity (Wildman–Crippen MR) is 94.1 cm³/mol. The first-order valence-corrected chi connectivity index (χ1v) is 8.35. The number of nitrogens with one attached hydrogen (secondary N) is 1. The Morgan fingerprint density at radius 2 is 2.04 bits per heavy atom. The van der Waals surface area contributed by atoms with Crippen molar-refractivity contribution in [2.75, 3.05) is 27.2 Å². The van der Waals surface area contributed by atoms with Crippen molar-refractivity contribution in [2.24, 2.45) is 0 Å². The molecule has 1 amide bonds. The zero-order valence-corrected chi connectivity index (χ0v) is 14.4. The van der Waals surface area contributed by atoms with E-state index in [2.05, 4.69) is 10.3 Å². The molecule has 120 valence electrons. The molecule has 3 aromatic rings. The maximum absolute atomic E-state index is 12.3. The minimum absolute atomic E-state index is 0.0267. The van der Waals surface area contributed by atoms with Crippen LogP contribution in [0.1, 0.15) is 15.4 Å². The summed E-state index contributed by atoms with van der Waals surface area (Å²) in [5.74, 6) is -0.0267. The maximum Gasteiger partial charge on any atom is 0.263 e. The van der Waals surface area contributed by atoms with Crippen LogP contribution < -0.4 is 5.32 Å². The number of thiazole rings is 1. The SMILES string of the molecule is Cc1c(C(=O)NCCN(C)C)sc2nc(-c3ccccc3)cn12. The highest BCUT2D eigenvalue weighted by Crippen LogP contribution is 2.26. The highest BCUT2D eigenvalue weighted by Gasteiger charge is 2.17. The van der Waals surface area contributed by atoms with E-state index in [1.165, 1.54) is 11.3 Å². The largest absolute Gasteiger partial charge is 0.350 e. The van der Waals surface area contributed by atoms with Gasteiger partial charge in [0, 0.05) is 30.5 Å². The molecule has 5 nitrogen and oxygen atoms in total. The summed E-state index contributed by atoms with van der Waals surface area (Å²) in [4.78, 5) is 20.6. The Bertz CT molecular complexity index is 820. The van der Waals surface area contributed by atoms with Gasteiger partial charge in [-0.25, -0.2) is 4.98 Å². The molecule has 23 heavy (non-hydrogen) atoms. The van der Waals surface area contributed by atoms with Gasteiger partial charge in [0.25, 0.3) is 5.91 Å². The van der Waals surface area contributed by atoms with Crippen molar-refractivity contribution < 1.29 is 4.79 Å². The van der Waals surface area contributed by atoms with Gasteiger partial charge in [-0.05, 0) is 21.0 Å². The second kappa shape index (κ2) is 6.52. The van der Waals surface area contributed by atoms with Crippen LogP contribution in [0.5, 0.6) is 0 Å². The number of carbonyl (C=O) groups is 1. The fourth-order valence-corrected chi connectivity index (χ4v) is 3.41. The monoisotopic (exact) mass is 328 g/mol. The predicted octanol–water partition coefficient (Wildman–Crippen LogP) is 2.66. The lowest BCUT2D eigenvalue weighted by molar-refractivity contribution is 0.0954. The summed E-state index contributed by atoms with van der Waals surface area (Å²) < 4.78 is 1.99. The fourth-order valence-electron chi connectivity index (χ4n) is 2.38. The van der Waals surface area contributed by atoms with Crippen LogP contribution >= 0.6 is 11.3 Å². The molecule has 3 rings (SSSR count). The van der Waals surface area contributed by atoms with Crippen LogP contribution in [0.25, 0.3) is 16.2 Å². The molecule has 0 aliphatic heterocycles. The van der Waals surface area contributed by atoms with E-state index >= 15 is 0 Å². The van der Waals surface area contributed by atoms with Crippen LogP contribution in [0.2, 0.25) is 0 Å². The van der Waals surface area contributed by atoms with Gasteiger partial charge in [-0.15, -0.1) is 0 Å². The summed E-state index contributed by atoms with van der Waals surface area (Å²) >= 11 is 1.43. The molecule has 0 fully saturated rings. The van der Waals surface area contributed by atoms with E-state index in [1.807, 2.05) is 66.8 Å². The van der Waals surface area contributed by atoms with Crippen molar-refractivity contribution in [1.29, 1.82) is 0 Å². The Balaban J connectivity index is 1.83. The molecular weight excluding hydrogens is 308 g/mol. The number of hydrogen-bond donors (Lipinski definition) is 1. The van der Waals surface area contributed by atoms with E-state index < -0.39 is 0 Å². The van der Waals surface area contributed by atoms with Crippen LogP contribution in [0, 0.1) is 6.92 Å². The molecule has 1 N–H and O–H groups in total. The first-order valence-electron chi connectivity index (χ1n) is 7.53. The quantitative estimate of drug-likeness (QED) is 0.783. The number of amides is 1. The van der Waals surface area contributed by atoms with Gasteiger partial charge in [-0.1, -0.05) is 41.7 Å². The van der Waals surface area contributed by atoms with Crippen LogP contribution in [-0.4, -0.2) is 47.4 Å². The number of hydrogen-bond acceptors (Lipinski definition) is 4. The third-order valence-electron chi connectivity index (χ3n) is 3.68. The number of aromatic nitrogens is 2. The number of aryl methyl sites for hydroxylation is 1. The summed E-state index contributed by atoms with van der Waals surface area (Å²) in [6.07, 6.45) is 1.99. The average molecular weight is 328 g/mol. The first-order chi connectivity index (χ1) is 11.1. The van der Waals surface area contributed by atoms with Crippen molar-refractivity contribution in [3.05, 3.63) is 47.1 Å². The normalized spacial score (nSPS) is 11.3. The summed E-state index contributed by atoms with van der Waals surface area (Å²) in [7, 11) is 3.98. The van der Waals surface area contributed by atoms with E-state index in [0.29, 0.717) is 6.54 Å². The number of benzene rings is 1. The summed E-state index contributed by atoms with van der Waals surface area (Å²) in [6.45, 7) is 3.42. The van der Waals surface area contributed by atoms with Crippen LogP contribution in [0.4, 0.5) is 0 Å². The van der Waals surface area contributed by atoms with Crippen molar-refractivity contribution in [3.63, 3.8) is 0 Å². The Kier molecular flexibility index (Phi) is 4.45. The fraction of sp³-hybridized carbons (Fsp3) is 0.294. The third-order valence-corrected chi connectivity index (χ3v) is 4.83. The molecule has 0 unspecified atom stereocenters. The van der Waals surface area contributed by atoms with Gasteiger partial charge in [0.05, 0.1) is 5.69 Å². The number of likely N-dealkylation sites (N-methyl/N-ethyl adjacent to an activating group) is 1. The Morgan fingerprint density at radius 3 is 2.70 bits per heavy atom. The lowest BCUT2D eigenvalue weighted by Gasteiger charge is -2.09. The van der Waals surface area contributed by atoms with Gasteiger partial charge in [-0.2, -0.15) is 0 Å². The van der Waals surface area contributed by atoms with Gasteiger partial charge in [0.15, 0.2) is 4.96 Å². The topological polar surface area (TPSA) is 49.6 Å². The van der Waals surface area contributed by atoms with E-state index in [-0.39, 0.29) is 5.91 Å². The number of carbonyl (C=O) groups excluding carboxylic acids is 1. The lowest BCUT2D eigenvalue weighted by Crippen LogP contribution is -2.31. The van der Waals surface area contributed by atoms with Crippen LogP contribution in [-0.2, 0) is 0 Å². The number of nitrogens with zero attached hydrogens (tertiary/aromatic N) is 3. The van der Waals surface area contributed by atoms with Gasteiger partial charge in [-0.3, -0.25) is 9.20 Å². The van der Waals surface area contributed by atoms with E-state index in [0.717, 1.165) is 33.3 Å². The molecule has 0 radical (unpaired) electrons. The zero-order chi connectivity index (χ0) is 16.4. The molecule has 0 aliphatic carbocycles. The van der Waals surface area contributed by atoms with Crippen molar-refractivity contribution in [3.8, 4) is 11.3 Å². The second-order valence-corrected chi connectivity index (χ2v) is 6.70. The molecule has 0 saturated heterocycles. The highest BCUT2D eigenvalue weighted by molar-refractivity contribution is 7.19. The molecule has 6 heteroatoms. The van der Waals surface area contributed by atoms with E-state index in [9.17, 15) is 4.79 Å². The third kappa shape index (κ3) is 3.28. The summed E-state index contributed by atoms with van der Waals surface area (Å²) in [5, 5.41) is 2.96. The summed E-state index contributed by atoms with van der Waals surface area (Å²) in [6, 6.07) is 10.1. The van der Waals surface area contributed by atoms with Gasteiger partial charge < -0.3 is 10.2 Å². The molecule has 0 aliphatic rings. The van der Waals surface area contributed by atoms with E-state index in [1.54, 1.807) is 0 Å².